The van der Waals surface area contributed by atoms with Gasteiger partial charge in [0.15, 0.2) is 0 Å². The van der Waals surface area contributed by atoms with Gasteiger partial charge >= 0.3 is 11.9 Å². The zero-order valence-electron chi connectivity index (χ0n) is 11.2. The average molecular weight is 287 g/mol. The van der Waals surface area contributed by atoms with Crippen molar-refractivity contribution >= 4 is 17.6 Å². The van der Waals surface area contributed by atoms with Crippen LogP contribution in [-0.4, -0.2) is 24.2 Å². The molecule has 0 aliphatic heterocycles. The van der Waals surface area contributed by atoms with Gasteiger partial charge in [0.25, 0.3) is 0 Å². The third-order valence-electron chi connectivity index (χ3n) is 2.74. The van der Waals surface area contributed by atoms with Crippen LogP contribution < -0.4 is 10.5 Å². The highest BCUT2D eigenvalue weighted by Crippen LogP contribution is 2.25. The molecule has 0 saturated carbocycles. The first-order valence-corrected chi connectivity index (χ1v) is 6.00. The van der Waals surface area contributed by atoms with Crippen LogP contribution in [0.4, 0.5) is 5.69 Å². The maximum absolute atomic E-state index is 11.5. The Kier molecular flexibility index (Phi) is 4.08. The molecule has 2 rings (SSSR count). The van der Waals surface area contributed by atoms with E-state index in [0.29, 0.717) is 17.2 Å². The average Bonchev–Trinajstić information content (AvgIpc) is 2.48. The van der Waals surface area contributed by atoms with Gasteiger partial charge in [-0.05, 0) is 42.5 Å². The van der Waals surface area contributed by atoms with Crippen molar-refractivity contribution in [1.29, 1.82) is 0 Å². The van der Waals surface area contributed by atoms with Crippen molar-refractivity contribution in [3.05, 3.63) is 53.6 Å². The summed E-state index contributed by atoms with van der Waals surface area (Å²) in [5.41, 5.74) is 5.94. The fourth-order valence-electron chi connectivity index (χ4n) is 1.72. The highest BCUT2D eigenvalue weighted by atomic mass is 16.5. The molecule has 0 spiro atoms. The number of carboxylic acid groups (broad SMARTS) is 1. The molecule has 6 nitrogen and oxygen atoms in total. The van der Waals surface area contributed by atoms with Crippen LogP contribution in [0.15, 0.2) is 42.5 Å². The van der Waals surface area contributed by atoms with E-state index in [4.69, 9.17) is 15.6 Å². The number of carbonyl (C=O) groups excluding carboxylic acids is 1. The van der Waals surface area contributed by atoms with Crippen LogP contribution >= 0.6 is 0 Å². The number of aromatic carboxylic acids is 1. The van der Waals surface area contributed by atoms with Crippen LogP contribution in [-0.2, 0) is 4.74 Å². The molecule has 0 aliphatic carbocycles. The third-order valence-corrected chi connectivity index (χ3v) is 2.74. The van der Waals surface area contributed by atoms with Crippen molar-refractivity contribution in [2.24, 2.45) is 0 Å². The van der Waals surface area contributed by atoms with Crippen molar-refractivity contribution < 1.29 is 24.2 Å². The molecule has 2 aromatic carbocycles. The zero-order chi connectivity index (χ0) is 15.4. The summed E-state index contributed by atoms with van der Waals surface area (Å²) in [6.45, 7) is 0. The van der Waals surface area contributed by atoms with E-state index in [1.54, 1.807) is 24.3 Å². The minimum absolute atomic E-state index is 0.0327. The highest BCUT2D eigenvalue weighted by molar-refractivity contribution is 6.02. The predicted octanol–water partition coefficient (Wildman–Crippen LogP) is 2.55. The Morgan fingerprint density at radius 3 is 2.19 bits per heavy atom. The van der Waals surface area contributed by atoms with Gasteiger partial charge in [0.2, 0.25) is 0 Å². The monoisotopic (exact) mass is 287 g/mol. The number of anilines is 1. The van der Waals surface area contributed by atoms with Crippen LogP contribution in [0.25, 0.3) is 0 Å². The smallest absolute Gasteiger partial charge is 0.338 e. The SMILES string of the molecule is COC(=O)c1ccc(Oc2ccc(N)cc2)cc1C(=O)O. The largest absolute Gasteiger partial charge is 0.478 e. The molecular formula is C15H13NO5. The van der Waals surface area contributed by atoms with E-state index in [0.717, 1.165) is 0 Å². The Labute approximate surface area is 120 Å². The first kappa shape index (κ1) is 14.4. The summed E-state index contributed by atoms with van der Waals surface area (Å²) in [6, 6.07) is 10.8. The van der Waals surface area contributed by atoms with Gasteiger partial charge < -0.3 is 20.3 Å². The number of nitrogens with two attached hydrogens (primary N) is 1. The highest BCUT2D eigenvalue weighted by Gasteiger charge is 2.18. The first-order chi connectivity index (χ1) is 10.0. The molecule has 0 radical (unpaired) electrons. The maximum Gasteiger partial charge on any atom is 0.338 e. The van der Waals surface area contributed by atoms with Crippen LogP contribution in [0.2, 0.25) is 0 Å². The molecule has 0 unspecified atom stereocenters. The summed E-state index contributed by atoms with van der Waals surface area (Å²) in [5.74, 6) is -1.15. The fourth-order valence-corrected chi connectivity index (χ4v) is 1.72. The molecule has 108 valence electrons. The number of nitrogen functional groups attached to an aromatic ring is 1. The molecule has 21 heavy (non-hydrogen) atoms. The number of hydrogen-bond donors (Lipinski definition) is 2. The number of rotatable bonds is 4. The second kappa shape index (κ2) is 5.96. The topological polar surface area (TPSA) is 98.9 Å². The summed E-state index contributed by atoms with van der Waals surface area (Å²) in [4.78, 5) is 22.7. The summed E-state index contributed by atoms with van der Waals surface area (Å²) < 4.78 is 10.1. The van der Waals surface area contributed by atoms with Crippen molar-refractivity contribution in [2.45, 2.75) is 0 Å². The number of methoxy groups -OCH3 is 1. The van der Waals surface area contributed by atoms with Gasteiger partial charge in [-0.15, -0.1) is 0 Å². The lowest BCUT2D eigenvalue weighted by Crippen LogP contribution is -2.10. The molecule has 2 aromatic rings. The van der Waals surface area contributed by atoms with Crippen molar-refractivity contribution in [3.63, 3.8) is 0 Å². The number of hydrogen-bond acceptors (Lipinski definition) is 5. The quantitative estimate of drug-likeness (QED) is 0.662. The second-order valence-corrected chi connectivity index (χ2v) is 4.18. The summed E-state index contributed by atoms with van der Waals surface area (Å²) >= 11 is 0. The zero-order valence-corrected chi connectivity index (χ0v) is 11.2. The Morgan fingerprint density at radius 1 is 1.00 bits per heavy atom. The number of carboxylic acids is 1. The van der Waals surface area contributed by atoms with Gasteiger partial charge in [0.1, 0.15) is 11.5 Å². The van der Waals surface area contributed by atoms with Gasteiger partial charge in [0, 0.05) is 5.69 Å². The van der Waals surface area contributed by atoms with Gasteiger partial charge in [-0.1, -0.05) is 0 Å². The predicted molar refractivity (Wildman–Crippen MR) is 75.7 cm³/mol. The molecule has 0 saturated heterocycles. The van der Waals surface area contributed by atoms with E-state index in [-0.39, 0.29) is 11.1 Å². The Hall–Kier alpha value is -3.02. The van der Waals surface area contributed by atoms with Crippen molar-refractivity contribution in [2.75, 3.05) is 12.8 Å². The van der Waals surface area contributed by atoms with Crippen LogP contribution in [0.3, 0.4) is 0 Å². The Bertz CT molecular complexity index is 679. The number of benzene rings is 2. The molecule has 0 heterocycles. The molecule has 0 aliphatic rings. The van der Waals surface area contributed by atoms with Gasteiger partial charge in [0.05, 0.1) is 18.2 Å². The lowest BCUT2D eigenvalue weighted by molar-refractivity contribution is 0.0582. The molecular weight excluding hydrogens is 274 g/mol. The number of esters is 1. The van der Waals surface area contributed by atoms with Crippen LogP contribution in [0.1, 0.15) is 20.7 Å². The van der Waals surface area contributed by atoms with E-state index >= 15 is 0 Å². The van der Waals surface area contributed by atoms with E-state index in [1.165, 1.54) is 25.3 Å². The van der Waals surface area contributed by atoms with Gasteiger partial charge in [-0.2, -0.15) is 0 Å². The van der Waals surface area contributed by atoms with Crippen LogP contribution in [0.5, 0.6) is 11.5 Å². The standard InChI is InChI=1S/C15H13NO5/c1-20-15(19)12-7-6-11(8-13(12)14(17)18)21-10-4-2-9(16)3-5-10/h2-8H,16H2,1H3,(H,17,18). The summed E-state index contributed by atoms with van der Waals surface area (Å²) in [7, 11) is 1.19. The molecule has 0 amide bonds. The summed E-state index contributed by atoms with van der Waals surface area (Å²) in [6.07, 6.45) is 0. The lowest BCUT2D eigenvalue weighted by Gasteiger charge is -2.09. The Balaban J connectivity index is 2.33. The number of carbonyl (C=O) groups is 2. The molecule has 0 atom stereocenters. The summed E-state index contributed by atoms with van der Waals surface area (Å²) in [5, 5.41) is 9.16. The maximum atomic E-state index is 11.5. The van der Waals surface area contributed by atoms with Crippen molar-refractivity contribution in [1.82, 2.24) is 0 Å². The molecule has 3 N–H and O–H groups in total. The van der Waals surface area contributed by atoms with Gasteiger partial charge in [-0.25, -0.2) is 9.59 Å². The lowest BCUT2D eigenvalue weighted by atomic mass is 10.1. The minimum atomic E-state index is -1.24. The van der Waals surface area contributed by atoms with Crippen molar-refractivity contribution in [3.8, 4) is 11.5 Å². The number of ether oxygens (including phenoxy) is 2. The van der Waals surface area contributed by atoms with Gasteiger partial charge in [-0.3, -0.25) is 0 Å². The Morgan fingerprint density at radius 2 is 1.62 bits per heavy atom. The normalized spacial score (nSPS) is 9.95. The van der Waals surface area contributed by atoms with E-state index in [1.807, 2.05) is 0 Å². The molecule has 6 heteroatoms. The molecule has 0 fully saturated rings. The van der Waals surface area contributed by atoms with E-state index < -0.39 is 11.9 Å². The molecule has 0 aromatic heterocycles. The van der Waals surface area contributed by atoms with E-state index in [2.05, 4.69) is 4.74 Å². The fraction of sp³-hybridized carbons (Fsp3) is 0.0667. The first-order valence-electron chi connectivity index (χ1n) is 6.00. The molecule has 0 bridgehead atoms. The third kappa shape index (κ3) is 3.30. The minimum Gasteiger partial charge on any atom is -0.478 e. The van der Waals surface area contributed by atoms with Crippen LogP contribution in [0, 0.1) is 0 Å². The second-order valence-electron chi connectivity index (χ2n) is 4.18. The van der Waals surface area contributed by atoms with E-state index in [9.17, 15) is 9.59 Å².